The lowest BCUT2D eigenvalue weighted by Gasteiger charge is -2.22. The van der Waals surface area contributed by atoms with E-state index in [1.165, 1.54) is 38.2 Å². The SMILES string of the molecule is C=C(c1cccc(S(=O)(=O)N(C)c2ccc(NC(=O)Nc3ccccc3)cc2)c1)N(C)/N=C(\C)C(C)(F)F. The molecule has 0 aliphatic rings. The zero-order valence-electron chi connectivity index (χ0n) is 21.4. The van der Waals surface area contributed by atoms with Crippen LogP contribution in [-0.2, 0) is 10.0 Å². The molecule has 0 aliphatic heterocycles. The molecule has 3 aromatic rings. The first-order chi connectivity index (χ1) is 17.8. The van der Waals surface area contributed by atoms with Crippen molar-refractivity contribution in [1.29, 1.82) is 0 Å². The molecule has 2 N–H and O–H groups in total. The smallest absolute Gasteiger partial charge is 0.308 e. The molecule has 8 nitrogen and oxygen atoms in total. The predicted molar refractivity (Wildman–Crippen MR) is 148 cm³/mol. The average Bonchev–Trinajstić information content (AvgIpc) is 2.88. The maximum absolute atomic E-state index is 13.5. The summed E-state index contributed by atoms with van der Waals surface area (Å²) in [5.41, 5.74) is 1.72. The number of nitrogens with one attached hydrogen (secondary N) is 2. The van der Waals surface area contributed by atoms with Crippen LogP contribution in [0.2, 0.25) is 0 Å². The normalized spacial score (nSPS) is 12.0. The van der Waals surface area contributed by atoms with Crippen molar-refractivity contribution < 1.29 is 22.0 Å². The Morgan fingerprint density at radius 2 is 1.50 bits per heavy atom. The molecule has 0 aromatic heterocycles. The van der Waals surface area contributed by atoms with E-state index in [1.54, 1.807) is 60.7 Å². The average molecular weight is 542 g/mol. The van der Waals surface area contributed by atoms with Crippen molar-refractivity contribution in [3.05, 3.63) is 91.0 Å². The number of rotatable bonds is 9. The molecular formula is C27H29F2N5O3S. The molecule has 0 atom stereocenters. The second-order valence-electron chi connectivity index (χ2n) is 8.54. The Morgan fingerprint density at radius 1 is 0.921 bits per heavy atom. The van der Waals surface area contributed by atoms with Gasteiger partial charge in [0.1, 0.15) is 5.71 Å². The lowest BCUT2D eigenvalue weighted by atomic mass is 10.2. The highest BCUT2D eigenvalue weighted by atomic mass is 32.2. The highest BCUT2D eigenvalue weighted by molar-refractivity contribution is 7.92. The summed E-state index contributed by atoms with van der Waals surface area (Å²) in [4.78, 5) is 12.2. The van der Waals surface area contributed by atoms with Gasteiger partial charge < -0.3 is 10.6 Å². The second-order valence-corrected chi connectivity index (χ2v) is 10.5. The molecule has 0 bridgehead atoms. The van der Waals surface area contributed by atoms with Gasteiger partial charge >= 0.3 is 6.03 Å². The monoisotopic (exact) mass is 541 g/mol. The Balaban J connectivity index is 1.74. The van der Waals surface area contributed by atoms with Gasteiger partial charge in [-0.25, -0.2) is 22.0 Å². The summed E-state index contributed by atoms with van der Waals surface area (Å²) < 4.78 is 54.7. The number of urea groups is 1. The topological polar surface area (TPSA) is 94.1 Å². The van der Waals surface area contributed by atoms with E-state index >= 15 is 0 Å². The maximum atomic E-state index is 13.5. The van der Waals surface area contributed by atoms with Crippen molar-refractivity contribution in [1.82, 2.24) is 5.01 Å². The van der Waals surface area contributed by atoms with E-state index in [0.29, 0.717) is 22.6 Å². The van der Waals surface area contributed by atoms with E-state index in [2.05, 4.69) is 22.3 Å². The van der Waals surface area contributed by atoms with Crippen LogP contribution in [0.4, 0.5) is 30.6 Å². The van der Waals surface area contributed by atoms with Gasteiger partial charge in [-0.3, -0.25) is 9.31 Å². The molecule has 0 aliphatic carbocycles. The van der Waals surface area contributed by atoms with Gasteiger partial charge in [0.25, 0.3) is 15.9 Å². The summed E-state index contributed by atoms with van der Waals surface area (Å²) in [6.07, 6.45) is 0. The zero-order valence-corrected chi connectivity index (χ0v) is 22.3. The summed E-state index contributed by atoms with van der Waals surface area (Å²) >= 11 is 0. The molecule has 0 spiro atoms. The molecule has 0 fully saturated rings. The number of hydrazone groups is 1. The largest absolute Gasteiger partial charge is 0.323 e. The van der Waals surface area contributed by atoms with E-state index < -0.39 is 27.7 Å². The molecule has 2 amide bonds. The van der Waals surface area contributed by atoms with Crippen molar-refractivity contribution >= 4 is 44.5 Å². The van der Waals surface area contributed by atoms with E-state index in [9.17, 15) is 22.0 Å². The lowest BCUT2D eigenvalue weighted by Crippen LogP contribution is -2.27. The van der Waals surface area contributed by atoms with E-state index in [-0.39, 0.29) is 10.6 Å². The number of sulfonamides is 1. The highest BCUT2D eigenvalue weighted by Gasteiger charge is 2.27. The zero-order chi connectivity index (χ0) is 28.1. The lowest BCUT2D eigenvalue weighted by molar-refractivity contribution is 0.0979. The Hall–Kier alpha value is -4.25. The molecule has 0 unspecified atom stereocenters. The van der Waals surface area contributed by atoms with Crippen LogP contribution in [0.15, 0.2) is 95.4 Å². The number of carbonyl (C=O) groups is 1. The fourth-order valence-corrected chi connectivity index (χ4v) is 4.50. The van der Waals surface area contributed by atoms with Crippen LogP contribution in [0.5, 0.6) is 0 Å². The molecule has 38 heavy (non-hydrogen) atoms. The molecular weight excluding hydrogens is 512 g/mol. The summed E-state index contributed by atoms with van der Waals surface area (Å²) in [5.74, 6) is -3.10. The number of hydrogen-bond acceptors (Lipinski definition) is 5. The van der Waals surface area contributed by atoms with Gasteiger partial charge in [0, 0.05) is 38.0 Å². The Bertz CT molecular complexity index is 1440. The molecule has 0 saturated carbocycles. The van der Waals surface area contributed by atoms with Crippen molar-refractivity contribution in [2.75, 3.05) is 29.0 Å². The van der Waals surface area contributed by atoms with Gasteiger partial charge in [-0.15, -0.1) is 0 Å². The number of halogens is 2. The molecule has 0 saturated heterocycles. The summed E-state index contributed by atoms with van der Waals surface area (Å²) in [7, 11) is -1.11. The molecule has 3 aromatic carbocycles. The molecule has 3 rings (SSSR count). The number of anilines is 3. The van der Waals surface area contributed by atoms with Crippen LogP contribution in [0.3, 0.4) is 0 Å². The minimum absolute atomic E-state index is 0.0157. The standard InChI is InChI=1S/C27H29F2N5O3S/c1-19(33(4)32-20(2)27(3,28)29)21-10-9-13-25(18-21)38(36,37)34(5)24-16-14-23(15-17-24)31-26(35)30-22-11-7-6-8-12-22/h6-18H,1H2,2-5H3,(H2,30,31,35)/b32-20+. The molecule has 0 radical (unpaired) electrons. The number of nitrogens with zero attached hydrogens (tertiary/aromatic N) is 3. The van der Waals surface area contributed by atoms with Crippen LogP contribution in [-0.4, -0.2) is 45.2 Å². The van der Waals surface area contributed by atoms with Crippen molar-refractivity contribution in [2.24, 2.45) is 5.10 Å². The van der Waals surface area contributed by atoms with Crippen LogP contribution < -0.4 is 14.9 Å². The summed E-state index contributed by atoms with van der Waals surface area (Å²) in [6.45, 7) is 5.82. The first-order valence-corrected chi connectivity index (χ1v) is 12.9. The van der Waals surface area contributed by atoms with Gasteiger partial charge in [-0.1, -0.05) is 36.9 Å². The number of amides is 2. The van der Waals surface area contributed by atoms with Gasteiger partial charge in [0.05, 0.1) is 16.3 Å². The van der Waals surface area contributed by atoms with Crippen LogP contribution >= 0.6 is 0 Å². The Kier molecular flexibility index (Phi) is 8.52. The molecule has 0 heterocycles. The van der Waals surface area contributed by atoms with Crippen LogP contribution in [0, 0.1) is 0 Å². The van der Waals surface area contributed by atoms with E-state index in [1.807, 2.05) is 6.07 Å². The molecule has 11 heteroatoms. The van der Waals surface area contributed by atoms with Crippen LogP contribution in [0.25, 0.3) is 5.70 Å². The first kappa shape index (κ1) is 28.3. The van der Waals surface area contributed by atoms with Crippen molar-refractivity contribution in [3.8, 4) is 0 Å². The number of alkyl halides is 2. The first-order valence-electron chi connectivity index (χ1n) is 11.5. The fourth-order valence-electron chi connectivity index (χ4n) is 3.26. The van der Waals surface area contributed by atoms with Gasteiger partial charge in [-0.2, -0.15) is 5.10 Å². The number of para-hydroxylation sites is 1. The van der Waals surface area contributed by atoms with Crippen LogP contribution in [0.1, 0.15) is 19.4 Å². The van der Waals surface area contributed by atoms with E-state index in [4.69, 9.17) is 0 Å². The predicted octanol–water partition coefficient (Wildman–Crippen LogP) is 6.09. The summed E-state index contributed by atoms with van der Waals surface area (Å²) in [5, 5.41) is 10.4. The highest BCUT2D eigenvalue weighted by Crippen LogP contribution is 2.27. The third-order valence-corrected chi connectivity index (χ3v) is 7.45. The second kappa shape index (κ2) is 11.4. The Morgan fingerprint density at radius 3 is 2.08 bits per heavy atom. The van der Waals surface area contributed by atoms with Gasteiger partial charge in [0.2, 0.25) is 0 Å². The quantitative estimate of drug-likeness (QED) is 0.253. The number of benzene rings is 3. The van der Waals surface area contributed by atoms with E-state index in [0.717, 1.165) is 11.2 Å². The Labute approximate surface area is 221 Å². The number of hydrogen-bond donors (Lipinski definition) is 2. The number of carbonyl (C=O) groups excluding carboxylic acids is 1. The fraction of sp³-hybridized carbons (Fsp3) is 0.185. The van der Waals surface area contributed by atoms with Gasteiger partial charge in [-0.05, 0) is 55.5 Å². The maximum Gasteiger partial charge on any atom is 0.323 e. The van der Waals surface area contributed by atoms with Crippen molar-refractivity contribution in [2.45, 2.75) is 24.7 Å². The minimum atomic E-state index is -3.98. The third-order valence-electron chi connectivity index (χ3n) is 5.67. The third kappa shape index (κ3) is 6.94. The van der Waals surface area contributed by atoms with Crippen molar-refractivity contribution in [3.63, 3.8) is 0 Å². The van der Waals surface area contributed by atoms with Gasteiger partial charge in [0.15, 0.2) is 0 Å². The molecule has 200 valence electrons. The summed E-state index contributed by atoms with van der Waals surface area (Å²) in [6, 6.07) is 20.8. The minimum Gasteiger partial charge on any atom is -0.308 e.